The van der Waals surface area contributed by atoms with E-state index >= 15 is 0 Å². The number of aromatic amines is 1. The van der Waals surface area contributed by atoms with Crippen LogP contribution >= 0.6 is 11.6 Å². The zero-order valence-corrected chi connectivity index (χ0v) is 19.9. The average Bonchev–Trinajstić information content (AvgIpc) is 3.46. The second-order valence-corrected chi connectivity index (χ2v) is 8.52. The van der Waals surface area contributed by atoms with E-state index in [9.17, 15) is 18.8 Å². The van der Waals surface area contributed by atoms with Crippen LogP contribution in [0.25, 0.3) is 0 Å². The second-order valence-electron chi connectivity index (χ2n) is 8.11. The molecule has 35 heavy (non-hydrogen) atoms. The van der Waals surface area contributed by atoms with Gasteiger partial charge >= 0.3 is 6.09 Å². The largest absolute Gasteiger partial charge is 0.467 e. The summed E-state index contributed by atoms with van der Waals surface area (Å²) in [6.07, 6.45) is 0.765. The predicted octanol–water partition coefficient (Wildman–Crippen LogP) is 3.84. The van der Waals surface area contributed by atoms with Gasteiger partial charge in [-0.1, -0.05) is 11.6 Å². The number of carbonyl (C=O) groups is 3. The molecule has 0 spiro atoms. The van der Waals surface area contributed by atoms with Crippen molar-refractivity contribution in [1.29, 1.82) is 0 Å². The van der Waals surface area contributed by atoms with Gasteiger partial charge in [0.25, 0.3) is 11.7 Å². The van der Waals surface area contributed by atoms with Crippen molar-refractivity contribution in [3.63, 3.8) is 0 Å². The van der Waals surface area contributed by atoms with E-state index in [0.717, 1.165) is 5.69 Å². The molecule has 4 rings (SSSR count). The minimum absolute atomic E-state index is 0.0299. The number of aromatic nitrogens is 1. The third kappa shape index (κ3) is 5.32. The summed E-state index contributed by atoms with van der Waals surface area (Å²) >= 11 is 5.87. The molecule has 2 aromatic heterocycles. The summed E-state index contributed by atoms with van der Waals surface area (Å²) in [5.41, 5.74) is 1.72. The number of aryl methyl sites for hydroxylation is 1. The number of nitrogens with one attached hydrogen (secondary N) is 2. The number of halogens is 2. The van der Waals surface area contributed by atoms with E-state index in [0.29, 0.717) is 43.2 Å². The third-order valence-corrected chi connectivity index (χ3v) is 6.12. The lowest BCUT2D eigenvalue weighted by Crippen LogP contribution is -2.50. The van der Waals surface area contributed by atoms with Gasteiger partial charge in [-0.05, 0) is 44.2 Å². The first kappa shape index (κ1) is 24.3. The number of benzene rings is 1. The molecule has 11 heteroatoms. The number of rotatable bonds is 6. The number of furan rings is 1. The number of ether oxygens (including phenoxy) is 1. The average molecular weight is 503 g/mol. The van der Waals surface area contributed by atoms with E-state index in [1.807, 2.05) is 4.90 Å². The Bertz CT molecular complexity index is 1250. The van der Waals surface area contributed by atoms with Crippen molar-refractivity contribution >= 4 is 35.1 Å². The van der Waals surface area contributed by atoms with Gasteiger partial charge in [0.1, 0.15) is 11.6 Å². The normalized spacial score (nSPS) is 13.6. The molecule has 0 radical (unpaired) electrons. The quantitative estimate of drug-likeness (QED) is 0.392. The Morgan fingerprint density at radius 3 is 2.57 bits per heavy atom. The van der Waals surface area contributed by atoms with Crippen molar-refractivity contribution in [2.75, 3.05) is 31.1 Å². The summed E-state index contributed by atoms with van der Waals surface area (Å²) in [7, 11) is 0. The van der Waals surface area contributed by atoms with Crippen molar-refractivity contribution in [3.05, 3.63) is 70.0 Å². The molecule has 1 fully saturated rings. The summed E-state index contributed by atoms with van der Waals surface area (Å²) in [6, 6.07) is 7.88. The smallest absolute Gasteiger partial charge is 0.414 e. The standard InChI is InChI=1S/C24H24ClFN4O5/c1-14-20(15(2)28-22(14)35-24(33)27-13-17-4-3-11-34-17)21(31)23(32)30-9-7-29(8-10-30)16-5-6-19(26)18(25)12-16/h3-6,11-12,28H,7-10,13H2,1-2H3,(H,27,33). The van der Waals surface area contributed by atoms with Gasteiger partial charge in [0, 0.05) is 43.1 Å². The third-order valence-electron chi connectivity index (χ3n) is 5.83. The molecule has 1 aliphatic heterocycles. The molecule has 3 heterocycles. The summed E-state index contributed by atoms with van der Waals surface area (Å²) in [5, 5.41) is 2.58. The molecular weight excluding hydrogens is 479 g/mol. The van der Waals surface area contributed by atoms with E-state index in [2.05, 4.69) is 10.3 Å². The van der Waals surface area contributed by atoms with Crippen LogP contribution in [0.4, 0.5) is 14.9 Å². The van der Waals surface area contributed by atoms with Gasteiger partial charge in [0.05, 0.1) is 23.4 Å². The fraction of sp³-hybridized carbons (Fsp3) is 0.292. The first-order valence-electron chi connectivity index (χ1n) is 11.0. The van der Waals surface area contributed by atoms with E-state index in [1.54, 1.807) is 38.1 Å². The minimum Gasteiger partial charge on any atom is -0.467 e. The number of piperazine rings is 1. The van der Waals surface area contributed by atoms with Gasteiger partial charge in [-0.2, -0.15) is 0 Å². The molecule has 2 amide bonds. The number of H-pyrrole nitrogens is 1. The first-order chi connectivity index (χ1) is 16.7. The Labute approximate surface area is 205 Å². The molecule has 1 aromatic carbocycles. The van der Waals surface area contributed by atoms with Crippen LogP contribution in [0, 0.1) is 19.7 Å². The maximum Gasteiger partial charge on any atom is 0.414 e. The summed E-state index contributed by atoms with van der Waals surface area (Å²) < 4.78 is 23.9. The molecule has 0 atom stereocenters. The van der Waals surface area contributed by atoms with Crippen molar-refractivity contribution in [3.8, 4) is 5.88 Å². The first-order valence-corrected chi connectivity index (χ1v) is 11.3. The molecule has 2 N–H and O–H groups in total. The van der Waals surface area contributed by atoms with Crippen LogP contribution in [0.2, 0.25) is 5.02 Å². The van der Waals surface area contributed by atoms with Crippen LogP contribution in [0.3, 0.4) is 0 Å². The number of anilines is 1. The van der Waals surface area contributed by atoms with E-state index < -0.39 is 23.6 Å². The van der Waals surface area contributed by atoms with Crippen molar-refractivity contribution in [2.24, 2.45) is 0 Å². The Morgan fingerprint density at radius 2 is 1.91 bits per heavy atom. The Kier molecular flexibility index (Phi) is 7.11. The fourth-order valence-corrected chi connectivity index (χ4v) is 4.14. The minimum atomic E-state index is -0.729. The highest BCUT2D eigenvalue weighted by molar-refractivity contribution is 6.43. The SMILES string of the molecule is Cc1[nH]c(OC(=O)NCc2ccco2)c(C)c1C(=O)C(=O)N1CCN(c2ccc(F)c(Cl)c2)CC1. The zero-order chi connectivity index (χ0) is 25.1. The summed E-state index contributed by atoms with van der Waals surface area (Å²) in [4.78, 5) is 44.4. The van der Waals surface area contributed by atoms with Crippen LogP contribution in [0.5, 0.6) is 5.88 Å². The van der Waals surface area contributed by atoms with E-state index in [1.165, 1.54) is 17.2 Å². The number of carbonyl (C=O) groups excluding carboxylic acids is 3. The number of Topliss-reactive ketones (excluding diaryl/α,β-unsaturated/α-hetero) is 1. The van der Waals surface area contributed by atoms with Gasteiger partial charge in [-0.3, -0.25) is 9.59 Å². The maximum absolute atomic E-state index is 13.4. The highest BCUT2D eigenvalue weighted by Gasteiger charge is 2.31. The maximum atomic E-state index is 13.4. The van der Waals surface area contributed by atoms with Crippen molar-refractivity contribution in [2.45, 2.75) is 20.4 Å². The summed E-state index contributed by atoms with van der Waals surface area (Å²) in [6.45, 7) is 4.96. The van der Waals surface area contributed by atoms with Crippen molar-refractivity contribution < 1.29 is 27.9 Å². The fourth-order valence-electron chi connectivity index (χ4n) is 3.97. The lowest BCUT2D eigenvalue weighted by atomic mass is 10.1. The Balaban J connectivity index is 1.37. The molecular formula is C24H24ClFN4O5. The van der Waals surface area contributed by atoms with Crippen LogP contribution in [0.1, 0.15) is 27.4 Å². The highest BCUT2D eigenvalue weighted by atomic mass is 35.5. The van der Waals surface area contributed by atoms with Crippen LogP contribution in [0.15, 0.2) is 41.0 Å². The van der Waals surface area contributed by atoms with Crippen molar-refractivity contribution in [1.82, 2.24) is 15.2 Å². The van der Waals surface area contributed by atoms with Gasteiger partial charge in [-0.25, -0.2) is 9.18 Å². The lowest BCUT2D eigenvalue weighted by molar-refractivity contribution is -0.126. The summed E-state index contributed by atoms with van der Waals surface area (Å²) in [5.74, 6) is -1.16. The number of hydrogen-bond donors (Lipinski definition) is 2. The number of ketones is 1. The molecule has 0 unspecified atom stereocenters. The van der Waals surface area contributed by atoms with Gasteiger partial charge in [0.2, 0.25) is 5.88 Å². The molecule has 3 aromatic rings. The van der Waals surface area contributed by atoms with Gasteiger partial charge in [-0.15, -0.1) is 0 Å². The molecule has 1 saturated heterocycles. The van der Waals surface area contributed by atoms with Crippen LogP contribution in [-0.4, -0.2) is 53.8 Å². The molecule has 184 valence electrons. The lowest BCUT2D eigenvalue weighted by Gasteiger charge is -2.35. The van der Waals surface area contributed by atoms with Gasteiger partial charge < -0.3 is 29.3 Å². The number of nitrogens with zero attached hydrogens (tertiary/aromatic N) is 2. The molecule has 1 aliphatic rings. The highest BCUT2D eigenvalue weighted by Crippen LogP contribution is 2.27. The monoisotopic (exact) mass is 502 g/mol. The number of amides is 2. The molecule has 0 aliphatic carbocycles. The Morgan fingerprint density at radius 1 is 1.17 bits per heavy atom. The molecule has 9 nitrogen and oxygen atoms in total. The second kappa shape index (κ2) is 10.2. The molecule has 0 bridgehead atoms. The molecule has 0 saturated carbocycles. The predicted molar refractivity (Wildman–Crippen MR) is 126 cm³/mol. The van der Waals surface area contributed by atoms with Crippen LogP contribution in [-0.2, 0) is 11.3 Å². The Hall–Kier alpha value is -3.79. The van der Waals surface area contributed by atoms with Gasteiger partial charge in [0.15, 0.2) is 0 Å². The number of hydrogen-bond acceptors (Lipinski definition) is 6. The zero-order valence-electron chi connectivity index (χ0n) is 19.2. The van der Waals surface area contributed by atoms with E-state index in [4.69, 9.17) is 20.8 Å². The topological polar surface area (TPSA) is 108 Å². The van der Waals surface area contributed by atoms with Crippen LogP contribution < -0.4 is 15.0 Å². The van der Waals surface area contributed by atoms with E-state index in [-0.39, 0.29) is 23.0 Å².